The van der Waals surface area contributed by atoms with E-state index in [4.69, 9.17) is 11.6 Å². The number of benzene rings is 2. The Bertz CT molecular complexity index is 994. The highest BCUT2D eigenvalue weighted by Gasteiger charge is 2.25. The van der Waals surface area contributed by atoms with Gasteiger partial charge < -0.3 is 21.1 Å². The molecule has 0 fully saturated rings. The number of anilines is 2. The predicted octanol–water partition coefficient (Wildman–Crippen LogP) is 4.80. The summed E-state index contributed by atoms with van der Waals surface area (Å²) >= 11 is 6.06. The normalized spacial score (nSPS) is 11.7. The van der Waals surface area contributed by atoms with E-state index in [0.717, 1.165) is 0 Å². The zero-order valence-electron chi connectivity index (χ0n) is 17.1. The molecule has 0 saturated heterocycles. The van der Waals surface area contributed by atoms with Gasteiger partial charge in [-0.15, -0.1) is 0 Å². The maximum Gasteiger partial charge on any atom is 0.326 e. The van der Waals surface area contributed by atoms with Gasteiger partial charge in [0.15, 0.2) is 11.6 Å². The average molecular weight is 454 g/mol. The monoisotopic (exact) mass is 453 g/mol. The number of aryl methyl sites for hydroxylation is 1. The molecule has 0 aromatic heterocycles. The molecule has 0 spiro atoms. The Morgan fingerprint density at radius 3 is 2.32 bits per heavy atom. The number of carbonyl (C=O) groups is 3. The molecule has 166 valence electrons. The third-order valence-corrected chi connectivity index (χ3v) is 4.64. The molecule has 10 heteroatoms. The second-order valence-electron chi connectivity index (χ2n) is 7.32. The second kappa shape index (κ2) is 10.2. The number of nitrogens with one attached hydrogen (secondary N) is 3. The third-order valence-electron chi connectivity index (χ3n) is 4.32. The lowest BCUT2D eigenvalue weighted by molar-refractivity contribution is -0.139. The molecule has 2 aromatic carbocycles. The van der Waals surface area contributed by atoms with Crippen molar-refractivity contribution in [3.05, 3.63) is 58.1 Å². The molecule has 0 bridgehead atoms. The molecule has 0 aliphatic heterocycles. The fourth-order valence-electron chi connectivity index (χ4n) is 2.82. The van der Waals surface area contributed by atoms with Gasteiger partial charge in [0.25, 0.3) is 5.91 Å². The van der Waals surface area contributed by atoms with Gasteiger partial charge in [-0.3, -0.25) is 4.79 Å². The molecule has 4 N–H and O–H groups in total. The van der Waals surface area contributed by atoms with Crippen molar-refractivity contribution >= 4 is 40.9 Å². The fraction of sp³-hybridized carbons (Fsp3) is 0.286. The number of rotatable bonds is 7. The van der Waals surface area contributed by atoms with E-state index in [1.54, 1.807) is 39.0 Å². The Hall–Kier alpha value is -3.20. The highest BCUT2D eigenvalue weighted by atomic mass is 35.5. The van der Waals surface area contributed by atoms with Gasteiger partial charge in [-0.1, -0.05) is 37.6 Å². The van der Waals surface area contributed by atoms with Crippen LogP contribution in [0, 0.1) is 24.5 Å². The first kappa shape index (κ1) is 24.1. The number of para-hydroxylation sites is 1. The SMILES string of the molecule is Cc1cccc(Cl)c1NC(=O)Nc1cc(F)c(F)cc1C(=O)N[C@@H](CC(C)C)C(=O)O. The maximum absolute atomic E-state index is 13.8. The van der Waals surface area contributed by atoms with Crippen LogP contribution in [-0.4, -0.2) is 29.1 Å². The highest BCUT2D eigenvalue weighted by Crippen LogP contribution is 2.26. The van der Waals surface area contributed by atoms with Gasteiger partial charge in [-0.2, -0.15) is 0 Å². The van der Waals surface area contributed by atoms with Crippen LogP contribution < -0.4 is 16.0 Å². The Balaban J connectivity index is 2.29. The van der Waals surface area contributed by atoms with Crippen LogP contribution in [0.1, 0.15) is 36.2 Å². The fourth-order valence-corrected chi connectivity index (χ4v) is 3.09. The Labute approximate surface area is 182 Å². The van der Waals surface area contributed by atoms with E-state index in [-0.39, 0.29) is 23.0 Å². The van der Waals surface area contributed by atoms with Gasteiger partial charge in [-0.25, -0.2) is 18.4 Å². The van der Waals surface area contributed by atoms with Crippen LogP contribution in [0.25, 0.3) is 0 Å². The molecule has 3 amide bonds. The summed E-state index contributed by atoms with van der Waals surface area (Å²) in [6, 6.07) is 4.09. The van der Waals surface area contributed by atoms with E-state index in [0.29, 0.717) is 23.4 Å². The van der Waals surface area contributed by atoms with Crippen molar-refractivity contribution in [2.45, 2.75) is 33.2 Å². The lowest BCUT2D eigenvalue weighted by Crippen LogP contribution is -2.42. The molecule has 2 rings (SSSR count). The first-order chi connectivity index (χ1) is 14.5. The maximum atomic E-state index is 13.8. The molecule has 1 atom stereocenters. The summed E-state index contributed by atoms with van der Waals surface area (Å²) in [5.74, 6) is -4.91. The Morgan fingerprint density at radius 2 is 1.74 bits per heavy atom. The van der Waals surface area contributed by atoms with Crippen molar-refractivity contribution in [2.75, 3.05) is 10.6 Å². The van der Waals surface area contributed by atoms with Crippen LogP contribution in [0.2, 0.25) is 5.02 Å². The molecule has 7 nitrogen and oxygen atoms in total. The molecule has 0 aliphatic rings. The Morgan fingerprint density at radius 1 is 1.10 bits per heavy atom. The van der Waals surface area contributed by atoms with Gasteiger partial charge in [0.1, 0.15) is 6.04 Å². The molecular formula is C21H22ClF2N3O4. The first-order valence-electron chi connectivity index (χ1n) is 9.35. The van der Waals surface area contributed by atoms with Gasteiger partial charge in [0.05, 0.1) is 22.0 Å². The Kier molecular flexibility index (Phi) is 7.93. The van der Waals surface area contributed by atoms with Gasteiger partial charge in [0.2, 0.25) is 0 Å². The minimum Gasteiger partial charge on any atom is -0.480 e. The van der Waals surface area contributed by atoms with E-state index in [9.17, 15) is 28.3 Å². The van der Waals surface area contributed by atoms with Crippen molar-refractivity contribution in [3.8, 4) is 0 Å². The molecule has 2 aromatic rings. The summed E-state index contributed by atoms with van der Waals surface area (Å²) in [6.07, 6.45) is 0.125. The average Bonchev–Trinajstić information content (AvgIpc) is 2.66. The summed E-state index contributed by atoms with van der Waals surface area (Å²) < 4.78 is 27.6. The van der Waals surface area contributed by atoms with Crippen LogP contribution in [0.15, 0.2) is 30.3 Å². The number of amides is 3. The van der Waals surface area contributed by atoms with E-state index >= 15 is 0 Å². The quantitative estimate of drug-likeness (QED) is 0.483. The molecular weight excluding hydrogens is 432 g/mol. The van der Waals surface area contributed by atoms with Crippen LogP contribution >= 0.6 is 11.6 Å². The largest absolute Gasteiger partial charge is 0.480 e. The lowest BCUT2D eigenvalue weighted by Gasteiger charge is -2.18. The molecule has 0 heterocycles. The van der Waals surface area contributed by atoms with Crippen molar-refractivity contribution < 1.29 is 28.3 Å². The standard InChI is InChI=1S/C21H22ClF2N3O4/c1-10(2)7-17(20(29)30)25-19(28)12-8-14(23)15(24)9-16(12)26-21(31)27-18-11(3)5-4-6-13(18)22/h4-6,8-10,17H,7H2,1-3H3,(H,25,28)(H,29,30)(H2,26,27,31)/t17-/m0/s1. The number of carboxylic acids is 1. The molecule has 31 heavy (non-hydrogen) atoms. The second-order valence-corrected chi connectivity index (χ2v) is 7.72. The van der Waals surface area contributed by atoms with Gasteiger partial charge in [0, 0.05) is 6.07 Å². The van der Waals surface area contributed by atoms with Crippen molar-refractivity contribution in [2.24, 2.45) is 5.92 Å². The molecule has 0 saturated carbocycles. The van der Waals surface area contributed by atoms with Crippen LogP contribution in [0.4, 0.5) is 25.0 Å². The predicted molar refractivity (Wildman–Crippen MR) is 114 cm³/mol. The number of halogens is 3. The van der Waals surface area contributed by atoms with E-state index in [1.165, 1.54) is 0 Å². The minimum absolute atomic E-state index is 0.0476. The van der Waals surface area contributed by atoms with Crippen molar-refractivity contribution in [3.63, 3.8) is 0 Å². The minimum atomic E-state index is -1.33. The highest BCUT2D eigenvalue weighted by molar-refractivity contribution is 6.34. The van der Waals surface area contributed by atoms with E-state index in [1.807, 2.05) is 0 Å². The van der Waals surface area contributed by atoms with E-state index in [2.05, 4.69) is 16.0 Å². The van der Waals surface area contributed by atoms with Crippen molar-refractivity contribution in [1.29, 1.82) is 0 Å². The number of aliphatic carboxylic acids is 1. The van der Waals surface area contributed by atoms with Gasteiger partial charge >= 0.3 is 12.0 Å². The smallest absolute Gasteiger partial charge is 0.326 e. The summed E-state index contributed by atoms with van der Waals surface area (Å²) in [7, 11) is 0. The topological polar surface area (TPSA) is 108 Å². The third kappa shape index (κ3) is 6.39. The summed E-state index contributed by atoms with van der Waals surface area (Å²) in [5.41, 5.74) is 0.189. The zero-order chi connectivity index (χ0) is 23.3. The van der Waals surface area contributed by atoms with Crippen LogP contribution in [0.5, 0.6) is 0 Å². The number of hydrogen-bond donors (Lipinski definition) is 4. The van der Waals surface area contributed by atoms with Crippen LogP contribution in [0.3, 0.4) is 0 Å². The molecule has 0 unspecified atom stereocenters. The first-order valence-corrected chi connectivity index (χ1v) is 9.73. The number of carbonyl (C=O) groups excluding carboxylic acids is 2. The molecule has 0 radical (unpaired) electrons. The number of carboxylic acid groups (broad SMARTS) is 1. The summed E-state index contributed by atoms with van der Waals surface area (Å²) in [5, 5.41) is 16.6. The number of hydrogen-bond acceptors (Lipinski definition) is 3. The summed E-state index contributed by atoms with van der Waals surface area (Å²) in [6.45, 7) is 5.25. The van der Waals surface area contributed by atoms with Crippen molar-refractivity contribution in [1.82, 2.24) is 5.32 Å². The molecule has 0 aliphatic carbocycles. The lowest BCUT2D eigenvalue weighted by atomic mass is 10.0. The van der Waals surface area contributed by atoms with E-state index < -0.39 is 41.1 Å². The van der Waals surface area contributed by atoms with Gasteiger partial charge in [-0.05, 0) is 37.0 Å². The zero-order valence-corrected chi connectivity index (χ0v) is 17.8. The van der Waals surface area contributed by atoms with Crippen LogP contribution in [-0.2, 0) is 4.79 Å². The summed E-state index contributed by atoms with van der Waals surface area (Å²) in [4.78, 5) is 36.4. The number of urea groups is 1.